The number of nitrogens with one attached hydrogen (secondary N) is 2. The minimum atomic E-state index is -0.120. The smallest absolute Gasteiger partial charge is 0.253 e. The number of nitrogens with zero attached hydrogens (tertiary/aromatic N) is 2. The maximum atomic E-state index is 12.6. The van der Waals surface area contributed by atoms with Crippen molar-refractivity contribution in [1.29, 1.82) is 0 Å². The number of carbonyl (C=O) groups excluding carboxylic acids is 2. The maximum Gasteiger partial charge on any atom is 0.253 e. The fourth-order valence-corrected chi connectivity index (χ4v) is 3.68. The van der Waals surface area contributed by atoms with Gasteiger partial charge in [0.15, 0.2) is 0 Å². The molecule has 3 aromatic rings. The van der Waals surface area contributed by atoms with Gasteiger partial charge < -0.3 is 15.2 Å². The molecule has 0 radical (unpaired) electrons. The van der Waals surface area contributed by atoms with Crippen LogP contribution in [-0.4, -0.2) is 45.8 Å². The molecular weight excluding hydrogens is 399 g/mol. The number of carbonyl (C=O) groups is 2. The molecule has 2 amide bonds. The van der Waals surface area contributed by atoms with Crippen molar-refractivity contribution in [3.63, 3.8) is 0 Å². The zero-order valence-corrected chi connectivity index (χ0v) is 16.4. The lowest BCUT2D eigenvalue weighted by Gasteiger charge is -2.32. The third kappa shape index (κ3) is 3.84. The van der Waals surface area contributed by atoms with E-state index in [0.717, 1.165) is 11.0 Å². The van der Waals surface area contributed by atoms with Crippen LogP contribution in [0.15, 0.2) is 42.7 Å². The van der Waals surface area contributed by atoms with Crippen LogP contribution >= 0.6 is 23.2 Å². The normalized spacial score (nSPS) is 15.0. The predicted molar refractivity (Wildman–Crippen MR) is 109 cm³/mol. The first kappa shape index (κ1) is 18.8. The molecule has 1 aromatic heterocycles. The van der Waals surface area contributed by atoms with Gasteiger partial charge in [-0.2, -0.15) is 0 Å². The molecule has 1 saturated heterocycles. The first-order chi connectivity index (χ1) is 13.5. The van der Waals surface area contributed by atoms with Gasteiger partial charge in [-0.1, -0.05) is 23.2 Å². The lowest BCUT2D eigenvalue weighted by atomic mass is 10.0. The summed E-state index contributed by atoms with van der Waals surface area (Å²) in [7, 11) is 0. The highest BCUT2D eigenvalue weighted by Gasteiger charge is 2.25. The second-order valence-corrected chi connectivity index (χ2v) is 7.62. The fourth-order valence-electron chi connectivity index (χ4n) is 3.38. The Balaban J connectivity index is 1.35. The van der Waals surface area contributed by atoms with E-state index in [9.17, 15) is 9.59 Å². The summed E-state index contributed by atoms with van der Waals surface area (Å²) in [5, 5.41) is 3.85. The molecule has 0 atom stereocenters. The highest BCUT2D eigenvalue weighted by Crippen LogP contribution is 2.24. The van der Waals surface area contributed by atoms with Crippen molar-refractivity contribution in [1.82, 2.24) is 20.2 Å². The van der Waals surface area contributed by atoms with Crippen LogP contribution in [0.3, 0.4) is 0 Å². The van der Waals surface area contributed by atoms with Gasteiger partial charge in [-0.25, -0.2) is 4.98 Å². The third-order valence-corrected chi connectivity index (χ3v) is 5.71. The molecule has 0 aliphatic carbocycles. The second kappa shape index (κ2) is 7.81. The van der Waals surface area contributed by atoms with E-state index in [1.807, 2.05) is 6.07 Å². The summed E-state index contributed by atoms with van der Waals surface area (Å²) in [5.41, 5.74) is 2.76. The molecule has 6 nitrogen and oxygen atoms in total. The fraction of sp³-hybridized carbons (Fsp3) is 0.250. The molecule has 144 valence electrons. The first-order valence-corrected chi connectivity index (χ1v) is 9.75. The summed E-state index contributed by atoms with van der Waals surface area (Å²) in [4.78, 5) is 34.1. The molecule has 0 saturated carbocycles. The van der Waals surface area contributed by atoms with Gasteiger partial charge in [0.2, 0.25) is 0 Å². The number of fused-ring (bicyclic) bond motifs is 1. The highest BCUT2D eigenvalue weighted by atomic mass is 35.5. The quantitative estimate of drug-likeness (QED) is 0.679. The van der Waals surface area contributed by atoms with Crippen LogP contribution in [0.5, 0.6) is 0 Å². The van der Waals surface area contributed by atoms with Gasteiger partial charge in [0, 0.05) is 30.3 Å². The Bertz CT molecular complexity index is 1040. The van der Waals surface area contributed by atoms with Crippen molar-refractivity contribution in [2.75, 3.05) is 13.1 Å². The Kier molecular flexibility index (Phi) is 5.24. The number of imidazole rings is 1. The van der Waals surface area contributed by atoms with Gasteiger partial charge in [0.1, 0.15) is 0 Å². The molecule has 0 unspecified atom stereocenters. The molecule has 4 rings (SSSR count). The number of aromatic amines is 1. The number of hydrogen-bond acceptors (Lipinski definition) is 3. The number of H-pyrrole nitrogens is 1. The van der Waals surface area contributed by atoms with E-state index in [0.29, 0.717) is 47.1 Å². The van der Waals surface area contributed by atoms with Crippen LogP contribution in [0.1, 0.15) is 33.6 Å². The average Bonchev–Trinajstić information content (AvgIpc) is 3.18. The Morgan fingerprint density at radius 2 is 1.79 bits per heavy atom. The summed E-state index contributed by atoms with van der Waals surface area (Å²) in [5.74, 6) is -0.196. The van der Waals surface area contributed by atoms with Crippen LogP contribution in [0.4, 0.5) is 0 Å². The van der Waals surface area contributed by atoms with E-state index in [1.165, 1.54) is 0 Å². The second-order valence-electron chi connectivity index (χ2n) is 6.80. The molecule has 2 aromatic carbocycles. The number of piperidine rings is 1. The Morgan fingerprint density at radius 1 is 1.04 bits per heavy atom. The standard InChI is InChI=1S/C20H18Cl2N4O2/c21-15-3-1-13(9-16(15)22)20(28)26-7-5-14(6-8-26)25-19(27)12-2-4-17-18(10-12)24-11-23-17/h1-4,9-11,14H,5-8H2,(H,23,24)(H,25,27). The van der Waals surface area contributed by atoms with Gasteiger partial charge >= 0.3 is 0 Å². The minimum absolute atomic E-state index is 0.0304. The number of likely N-dealkylation sites (tertiary alicyclic amines) is 1. The monoisotopic (exact) mass is 416 g/mol. The van der Waals surface area contributed by atoms with Crippen molar-refractivity contribution in [2.45, 2.75) is 18.9 Å². The Morgan fingerprint density at radius 3 is 2.54 bits per heavy atom. The summed E-state index contributed by atoms with van der Waals surface area (Å²) in [6.45, 7) is 1.15. The zero-order chi connectivity index (χ0) is 19.7. The zero-order valence-electron chi connectivity index (χ0n) is 14.9. The molecule has 0 spiro atoms. The molecule has 1 fully saturated rings. The average molecular weight is 417 g/mol. The highest BCUT2D eigenvalue weighted by molar-refractivity contribution is 6.42. The van der Waals surface area contributed by atoms with Crippen LogP contribution < -0.4 is 5.32 Å². The van der Waals surface area contributed by atoms with Gasteiger partial charge in [0.25, 0.3) is 11.8 Å². The summed E-state index contributed by atoms with van der Waals surface area (Å²) >= 11 is 11.9. The van der Waals surface area contributed by atoms with Crippen molar-refractivity contribution in [3.8, 4) is 0 Å². The summed E-state index contributed by atoms with van der Waals surface area (Å²) in [6, 6.07) is 10.3. The van der Waals surface area contributed by atoms with E-state index in [-0.39, 0.29) is 17.9 Å². The van der Waals surface area contributed by atoms with Crippen molar-refractivity contribution in [2.24, 2.45) is 0 Å². The number of hydrogen-bond donors (Lipinski definition) is 2. The summed E-state index contributed by atoms with van der Waals surface area (Å²) in [6.07, 6.45) is 3.00. The number of benzene rings is 2. The van der Waals surface area contributed by atoms with Gasteiger partial charge in [-0.15, -0.1) is 0 Å². The SMILES string of the molecule is O=C(NC1CCN(C(=O)c2ccc(Cl)c(Cl)c2)CC1)c1ccc2nc[nH]c2c1. The Labute approximate surface area is 171 Å². The van der Waals surface area contributed by atoms with Crippen LogP contribution in [0, 0.1) is 0 Å². The van der Waals surface area contributed by atoms with Gasteiger partial charge in [-0.05, 0) is 49.2 Å². The van der Waals surface area contributed by atoms with E-state index >= 15 is 0 Å². The molecule has 1 aliphatic rings. The molecule has 2 heterocycles. The number of amides is 2. The minimum Gasteiger partial charge on any atom is -0.349 e. The van der Waals surface area contributed by atoms with Gasteiger partial charge in [-0.3, -0.25) is 9.59 Å². The van der Waals surface area contributed by atoms with Crippen molar-refractivity contribution < 1.29 is 9.59 Å². The van der Waals surface area contributed by atoms with Crippen LogP contribution in [0.2, 0.25) is 10.0 Å². The Hall–Kier alpha value is -2.57. The number of rotatable bonds is 3. The van der Waals surface area contributed by atoms with Crippen molar-refractivity contribution >= 4 is 46.0 Å². The number of halogens is 2. The van der Waals surface area contributed by atoms with Gasteiger partial charge in [0.05, 0.1) is 27.4 Å². The molecule has 8 heteroatoms. The van der Waals surface area contributed by atoms with E-state index in [1.54, 1.807) is 41.6 Å². The molecule has 2 N–H and O–H groups in total. The summed E-state index contributed by atoms with van der Waals surface area (Å²) < 4.78 is 0. The molecule has 0 bridgehead atoms. The first-order valence-electron chi connectivity index (χ1n) is 8.99. The predicted octanol–water partition coefficient (Wildman–Crippen LogP) is 3.90. The van der Waals surface area contributed by atoms with Crippen molar-refractivity contribution in [3.05, 3.63) is 63.9 Å². The lowest BCUT2D eigenvalue weighted by molar-refractivity contribution is 0.0698. The lowest BCUT2D eigenvalue weighted by Crippen LogP contribution is -2.46. The van der Waals surface area contributed by atoms with Crippen LogP contribution in [0.25, 0.3) is 11.0 Å². The van der Waals surface area contributed by atoms with E-state index in [2.05, 4.69) is 15.3 Å². The molecular formula is C20H18Cl2N4O2. The molecule has 1 aliphatic heterocycles. The topological polar surface area (TPSA) is 78.1 Å². The van der Waals surface area contributed by atoms with Crippen LogP contribution in [-0.2, 0) is 0 Å². The number of aromatic nitrogens is 2. The molecule has 28 heavy (non-hydrogen) atoms. The maximum absolute atomic E-state index is 12.6. The third-order valence-electron chi connectivity index (χ3n) is 4.97. The van der Waals surface area contributed by atoms with E-state index in [4.69, 9.17) is 23.2 Å². The largest absolute Gasteiger partial charge is 0.349 e. The van der Waals surface area contributed by atoms with E-state index < -0.39 is 0 Å².